The van der Waals surface area contributed by atoms with Crippen LogP contribution in [-0.2, 0) is 14.9 Å². The molecule has 39 heavy (non-hydrogen) atoms. The highest BCUT2D eigenvalue weighted by Gasteiger charge is 2.51. The van der Waals surface area contributed by atoms with Crippen LogP contribution < -0.4 is 5.32 Å². The molecule has 2 aromatic heterocycles. The minimum absolute atomic E-state index is 0.391. The topological polar surface area (TPSA) is 88.5 Å². The van der Waals surface area contributed by atoms with Crippen molar-refractivity contribution in [1.29, 1.82) is 0 Å². The molecule has 194 valence electrons. The first-order valence-corrected chi connectivity index (χ1v) is 13.6. The summed E-state index contributed by atoms with van der Waals surface area (Å²) in [5.74, 6) is -0.749. The van der Waals surface area contributed by atoms with Gasteiger partial charge in [-0.25, -0.2) is 4.79 Å². The fourth-order valence-corrected chi connectivity index (χ4v) is 6.04. The monoisotopic (exact) mass is 534 g/mol. The molecule has 5 aromatic rings. The number of ether oxygens (including phenoxy) is 1. The molecule has 7 heteroatoms. The van der Waals surface area contributed by atoms with Crippen LogP contribution in [0.3, 0.4) is 0 Å². The predicted octanol–water partition coefficient (Wildman–Crippen LogP) is 8.06. The number of carboxylic acid groups (broad SMARTS) is 1. The van der Waals surface area contributed by atoms with E-state index in [1.165, 1.54) is 0 Å². The predicted molar refractivity (Wildman–Crippen MR) is 154 cm³/mol. The molecule has 1 fully saturated rings. The van der Waals surface area contributed by atoms with Crippen molar-refractivity contribution in [3.8, 4) is 21.6 Å². The average Bonchev–Trinajstić information content (AvgIpc) is 3.71. The number of carboxylic acids is 1. The third-order valence-electron chi connectivity index (χ3n) is 7.35. The Morgan fingerprint density at radius 3 is 2.21 bits per heavy atom. The molecule has 6 rings (SSSR count). The van der Waals surface area contributed by atoms with Crippen LogP contribution in [0.25, 0.3) is 31.7 Å². The maximum absolute atomic E-state index is 12.9. The number of benzene rings is 3. The summed E-state index contributed by atoms with van der Waals surface area (Å²) in [4.78, 5) is 29.7. The van der Waals surface area contributed by atoms with Crippen molar-refractivity contribution in [3.63, 3.8) is 0 Å². The largest absolute Gasteiger partial charge is 0.481 e. The SMILES string of the molecule is C[C@@H](OC(=O)Nc1c(-c2ccc(-c3ccc(C4(C(=O)O)CC4)cc3)cc2)sc2cnccc12)c1ccccc1. The number of carbonyl (C=O) groups is 2. The summed E-state index contributed by atoms with van der Waals surface area (Å²) in [6.45, 7) is 1.85. The number of aromatic nitrogens is 1. The summed E-state index contributed by atoms with van der Waals surface area (Å²) in [6, 6.07) is 27.5. The lowest BCUT2D eigenvalue weighted by Gasteiger charge is -2.15. The van der Waals surface area contributed by atoms with Gasteiger partial charge >= 0.3 is 12.1 Å². The standard InChI is InChI=1S/C32H26N2O4S/c1-20(21-5-3-2-4-6-21)38-31(37)34-28-26-15-18-33-19-27(26)39-29(28)24-9-7-22(8-10-24)23-11-13-25(14-12-23)32(16-17-32)30(35)36/h2-15,18-20H,16-17H2,1H3,(H,34,37)(H,35,36)/t20-/m1/s1. The van der Waals surface area contributed by atoms with Gasteiger partial charge in [0.1, 0.15) is 6.10 Å². The number of rotatable bonds is 7. The van der Waals surface area contributed by atoms with Crippen LogP contribution in [0.15, 0.2) is 97.3 Å². The van der Waals surface area contributed by atoms with Gasteiger partial charge in [-0.05, 0) is 53.6 Å². The van der Waals surface area contributed by atoms with Crippen molar-refractivity contribution in [1.82, 2.24) is 4.98 Å². The summed E-state index contributed by atoms with van der Waals surface area (Å²) >= 11 is 1.56. The Kier molecular flexibility index (Phi) is 6.37. The first-order chi connectivity index (χ1) is 18.9. The molecule has 1 aliphatic carbocycles. The summed E-state index contributed by atoms with van der Waals surface area (Å²) in [5.41, 5.74) is 4.78. The van der Waals surface area contributed by atoms with E-state index in [1.54, 1.807) is 23.7 Å². The number of thiophene rings is 1. The maximum atomic E-state index is 12.9. The molecule has 2 heterocycles. The fraction of sp³-hybridized carbons (Fsp3) is 0.156. The first kappa shape index (κ1) is 24.8. The number of amides is 1. The number of anilines is 1. The zero-order chi connectivity index (χ0) is 27.0. The van der Waals surface area contributed by atoms with Crippen molar-refractivity contribution in [2.45, 2.75) is 31.3 Å². The Labute approximate surface area is 229 Å². The highest BCUT2D eigenvalue weighted by atomic mass is 32.1. The van der Waals surface area contributed by atoms with E-state index in [0.29, 0.717) is 18.5 Å². The van der Waals surface area contributed by atoms with Gasteiger partial charge in [0.15, 0.2) is 0 Å². The number of pyridine rings is 1. The second-order valence-corrected chi connectivity index (χ2v) is 10.9. The summed E-state index contributed by atoms with van der Waals surface area (Å²) in [6.07, 6.45) is 3.98. The van der Waals surface area contributed by atoms with Crippen molar-refractivity contribution in [2.24, 2.45) is 0 Å². The summed E-state index contributed by atoms with van der Waals surface area (Å²) in [5, 5.41) is 13.5. The molecule has 0 radical (unpaired) electrons. The lowest BCUT2D eigenvalue weighted by atomic mass is 9.93. The lowest BCUT2D eigenvalue weighted by Crippen LogP contribution is -2.19. The minimum atomic E-state index is -0.749. The number of fused-ring (bicyclic) bond motifs is 1. The number of nitrogens with zero attached hydrogens (tertiary/aromatic N) is 1. The zero-order valence-corrected chi connectivity index (χ0v) is 22.1. The van der Waals surface area contributed by atoms with Crippen molar-refractivity contribution in [2.75, 3.05) is 5.32 Å². The lowest BCUT2D eigenvalue weighted by molar-refractivity contribution is -0.140. The third-order valence-corrected chi connectivity index (χ3v) is 8.54. The smallest absolute Gasteiger partial charge is 0.412 e. The molecule has 0 unspecified atom stereocenters. The maximum Gasteiger partial charge on any atom is 0.412 e. The van der Waals surface area contributed by atoms with Gasteiger partial charge < -0.3 is 9.84 Å². The van der Waals surface area contributed by atoms with Crippen molar-refractivity contribution < 1.29 is 19.4 Å². The Morgan fingerprint density at radius 1 is 0.923 bits per heavy atom. The van der Waals surface area contributed by atoms with Gasteiger partial charge in [-0.3, -0.25) is 15.1 Å². The molecular weight excluding hydrogens is 508 g/mol. The molecule has 1 amide bonds. The molecule has 0 bridgehead atoms. The van der Waals surface area contributed by atoms with E-state index in [-0.39, 0.29) is 0 Å². The zero-order valence-electron chi connectivity index (χ0n) is 21.3. The van der Waals surface area contributed by atoms with Gasteiger partial charge in [-0.1, -0.05) is 78.9 Å². The Bertz CT molecular complexity index is 1660. The van der Waals surface area contributed by atoms with Crippen LogP contribution in [0.1, 0.15) is 37.0 Å². The molecule has 0 aliphatic heterocycles. The number of carbonyl (C=O) groups excluding carboxylic acids is 1. The molecule has 1 atom stereocenters. The number of nitrogens with one attached hydrogen (secondary N) is 1. The molecule has 0 spiro atoms. The van der Waals surface area contributed by atoms with E-state index in [0.717, 1.165) is 42.8 Å². The Hall–Kier alpha value is -4.49. The Morgan fingerprint density at radius 2 is 1.56 bits per heavy atom. The van der Waals surface area contributed by atoms with Gasteiger partial charge in [-0.2, -0.15) is 0 Å². The normalized spacial score (nSPS) is 14.5. The van der Waals surface area contributed by atoms with Gasteiger partial charge in [0.05, 0.1) is 20.7 Å². The van der Waals surface area contributed by atoms with E-state index in [2.05, 4.69) is 10.3 Å². The minimum Gasteiger partial charge on any atom is -0.481 e. The van der Waals surface area contributed by atoms with Crippen LogP contribution in [0.2, 0.25) is 0 Å². The van der Waals surface area contributed by atoms with Crippen molar-refractivity contribution in [3.05, 3.63) is 108 Å². The van der Waals surface area contributed by atoms with E-state index in [1.807, 2.05) is 91.9 Å². The van der Waals surface area contributed by atoms with Crippen LogP contribution in [0.5, 0.6) is 0 Å². The third kappa shape index (κ3) is 4.77. The Balaban J connectivity index is 1.25. The van der Waals surface area contributed by atoms with E-state index in [4.69, 9.17) is 4.74 Å². The average molecular weight is 535 g/mol. The van der Waals surface area contributed by atoms with Crippen LogP contribution >= 0.6 is 11.3 Å². The molecule has 3 aromatic carbocycles. The number of hydrogen-bond acceptors (Lipinski definition) is 5. The first-order valence-electron chi connectivity index (χ1n) is 12.8. The van der Waals surface area contributed by atoms with Gasteiger partial charge in [0.25, 0.3) is 0 Å². The van der Waals surface area contributed by atoms with E-state index in [9.17, 15) is 14.7 Å². The van der Waals surface area contributed by atoms with Gasteiger partial charge in [-0.15, -0.1) is 11.3 Å². The quantitative estimate of drug-likeness (QED) is 0.220. The highest BCUT2D eigenvalue weighted by molar-refractivity contribution is 7.23. The van der Waals surface area contributed by atoms with Crippen LogP contribution in [-0.4, -0.2) is 22.2 Å². The molecule has 2 N–H and O–H groups in total. The molecule has 1 saturated carbocycles. The van der Waals surface area contributed by atoms with Crippen molar-refractivity contribution >= 4 is 39.2 Å². The number of aliphatic carboxylic acids is 1. The molecule has 0 saturated heterocycles. The second-order valence-electron chi connectivity index (χ2n) is 9.80. The van der Waals surface area contributed by atoms with E-state index < -0.39 is 23.6 Å². The number of hydrogen-bond donors (Lipinski definition) is 2. The second kappa shape index (κ2) is 10.0. The van der Waals surface area contributed by atoms with E-state index >= 15 is 0 Å². The fourth-order valence-electron chi connectivity index (χ4n) is 4.91. The van der Waals surface area contributed by atoms with Gasteiger partial charge in [0.2, 0.25) is 0 Å². The van der Waals surface area contributed by atoms with Crippen LogP contribution in [0.4, 0.5) is 10.5 Å². The molecule has 1 aliphatic rings. The molecule has 6 nitrogen and oxygen atoms in total. The summed E-state index contributed by atoms with van der Waals surface area (Å²) in [7, 11) is 0. The summed E-state index contributed by atoms with van der Waals surface area (Å²) < 4.78 is 6.65. The van der Waals surface area contributed by atoms with Crippen LogP contribution in [0, 0.1) is 0 Å². The van der Waals surface area contributed by atoms with Gasteiger partial charge in [0, 0.05) is 17.8 Å². The molecular formula is C32H26N2O4S. The highest BCUT2D eigenvalue weighted by Crippen LogP contribution is 2.49.